The van der Waals surface area contributed by atoms with Crippen molar-refractivity contribution in [1.82, 2.24) is 16.0 Å². The Hall–Kier alpha value is -2.87. The Morgan fingerprint density at radius 2 is 1.38 bits per heavy atom. The van der Waals surface area contributed by atoms with Crippen molar-refractivity contribution in [2.75, 3.05) is 18.6 Å². The van der Waals surface area contributed by atoms with Crippen LogP contribution in [-0.4, -0.2) is 87.6 Å². The number of rotatable bonds is 14. The Morgan fingerprint density at radius 3 is 1.86 bits per heavy atom. The zero-order chi connectivity index (χ0) is 22.6. The molecule has 0 aliphatic heterocycles. The zero-order valence-electron chi connectivity index (χ0n) is 15.5. The number of nitrogens with two attached hydrogens (primary N) is 1. The number of carbonyl (C=O) groups excluding carboxylic acids is 3. The van der Waals surface area contributed by atoms with E-state index in [0.29, 0.717) is 5.75 Å². The highest BCUT2D eigenvalue weighted by Gasteiger charge is 2.29. The quantitative estimate of drug-likeness (QED) is 0.147. The van der Waals surface area contributed by atoms with Crippen molar-refractivity contribution < 1.29 is 44.1 Å². The van der Waals surface area contributed by atoms with E-state index >= 15 is 0 Å². The zero-order valence-corrected chi connectivity index (χ0v) is 16.4. The molecule has 29 heavy (non-hydrogen) atoms. The Bertz CT molecular complexity index is 643. The molecule has 0 aliphatic carbocycles. The van der Waals surface area contributed by atoms with E-state index in [1.165, 1.54) is 11.8 Å². The fourth-order valence-electron chi connectivity index (χ4n) is 2.01. The van der Waals surface area contributed by atoms with Crippen molar-refractivity contribution >= 4 is 47.4 Å². The van der Waals surface area contributed by atoms with Crippen LogP contribution in [0.1, 0.15) is 19.3 Å². The van der Waals surface area contributed by atoms with Gasteiger partial charge in [-0.3, -0.25) is 28.8 Å². The first-order valence-electron chi connectivity index (χ1n) is 8.26. The van der Waals surface area contributed by atoms with Crippen LogP contribution in [0.3, 0.4) is 0 Å². The Balaban J connectivity index is 5.22. The number of carboxylic acids is 3. The molecule has 0 fully saturated rings. The molecule has 0 rings (SSSR count). The molecule has 0 aromatic rings. The third-order valence-electron chi connectivity index (χ3n) is 3.40. The van der Waals surface area contributed by atoms with E-state index in [1.807, 2.05) is 5.32 Å². The first-order valence-corrected chi connectivity index (χ1v) is 9.65. The Morgan fingerprint density at radius 1 is 0.828 bits per heavy atom. The van der Waals surface area contributed by atoms with Crippen LogP contribution in [0.15, 0.2) is 0 Å². The number of carboxylic acid groups (broad SMARTS) is 3. The van der Waals surface area contributed by atoms with E-state index < -0.39 is 73.1 Å². The third kappa shape index (κ3) is 11.5. The maximum atomic E-state index is 12.5. The van der Waals surface area contributed by atoms with Gasteiger partial charge in [-0.2, -0.15) is 11.8 Å². The molecule has 0 aromatic carbocycles. The lowest BCUT2D eigenvalue weighted by atomic mass is 10.1. The van der Waals surface area contributed by atoms with Crippen LogP contribution in [0.4, 0.5) is 0 Å². The second kappa shape index (κ2) is 13.3. The van der Waals surface area contributed by atoms with Gasteiger partial charge in [0.1, 0.15) is 18.6 Å². The summed E-state index contributed by atoms with van der Waals surface area (Å²) in [6.07, 6.45) is 0.343. The van der Waals surface area contributed by atoms with E-state index in [-0.39, 0.29) is 6.42 Å². The van der Waals surface area contributed by atoms with Crippen molar-refractivity contribution in [3.8, 4) is 0 Å². The molecule has 0 aliphatic rings. The van der Waals surface area contributed by atoms with Gasteiger partial charge in [0.05, 0.1) is 18.9 Å². The number of aliphatic carboxylic acids is 3. The van der Waals surface area contributed by atoms with E-state index in [1.54, 1.807) is 6.26 Å². The maximum Gasteiger partial charge on any atom is 0.322 e. The fraction of sp³-hybridized carbons (Fsp3) is 0.600. The van der Waals surface area contributed by atoms with Gasteiger partial charge in [0.25, 0.3) is 0 Å². The van der Waals surface area contributed by atoms with Crippen LogP contribution in [-0.2, 0) is 28.8 Å². The van der Waals surface area contributed by atoms with Crippen molar-refractivity contribution in [2.45, 2.75) is 37.4 Å². The summed E-state index contributed by atoms with van der Waals surface area (Å²) in [5.41, 5.74) is 5.45. The number of hydrogen-bond acceptors (Lipinski definition) is 8. The summed E-state index contributed by atoms with van der Waals surface area (Å²) in [5.74, 6) is -6.52. The molecular weight excluding hydrogens is 412 g/mol. The van der Waals surface area contributed by atoms with E-state index in [0.717, 1.165) is 0 Å². The summed E-state index contributed by atoms with van der Waals surface area (Å²) in [6, 6.07) is -4.20. The summed E-state index contributed by atoms with van der Waals surface area (Å²) in [4.78, 5) is 68.6. The van der Waals surface area contributed by atoms with Crippen LogP contribution in [0, 0.1) is 0 Å². The summed E-state index contributed by atoms with van der Waals surface area (Å²) in [7, 11) is 0. The van der Waals surface area contributed by atoms with Crippen LogP contribution in [0.25, 0.3) is 0 Å². The predicted octanol–water partition coefficient (Wildman–Crippen LogP) is -2.81. The summed E-state index contributed by atoms with van der Waals surface area (Å²) in [6.45, 7) is -0.776. The number of nitrogens with one attached hydrogen (secondary N) is 3. The molecule has 0 aromatic heterocycles. The van der Waals surface area contributed by atoms with Crippen LogP contribution in [0.2, 0.25) is 0 Å². The number of carbonyl (C=O) groups is 6. The lowest BCUT2D eigenvalue weighted by Crippen LogP contribution is -2.56. The molecule has 3 atom stereocenters. The monoisotopic (exact) mass is 436 g/mol. The van der Waals surface area contributed by atoms with Crippen molar-refractivity contribution in [2.24, 2.45) is 5.73 Å². The normalized spacial score (nSPS) is 13.4. The lowest BCUT2D eigenvalue weighted by Gasteiger charge is -2.23. The highest BCUT2D eigenvalue weighted by Crippen LogP contribution is 2.04. The minimum atomic E-state index is -1.58. The largest absolute Gasteiger partial charge is 0.481 e. The molecule has 164 valence electrons. The second-order valence-corrected chi connectivity index (χ2v) is 6.80. The summed E-state index contributed by atoms with van der Waals surface area (Å²) >= 11 is 1.35. The molecule has 0 bridgehead atoms. The average molecular weight is 436 g/mol. The van der Waals surface area contributed by atoms with E-state index in [9.17, 15) is 28.8 Å². The van der Waals surface area contributed by atoms with Crippen molar-refractivity contribution in [3.05, 3.63) is 0 Å². The van der Waals surface area contributed by atoms with Gasteiger partial charge in [-0.1, -0.05) is 0 Å². The van der Waals surface area contributed by atoms with Crippen molar-refractivity contribution in [3.63, 3.8) is 0 Å². The van der Waals surface area contributed by atoms with Gasteiger partial charge in [0.2, 0.25) is 17.7 Å². The first-order chi connectivity index (χ1) is 13.5. The average Bonchev–Trinajstić information content (AvgIpc) is 2.61. The molecule has 14 heteroatoms. The van der Waals surface area contributed by atoms with E-state index in [2.05, 4.69) is 10.6 Å². The van der Waals surface area contributed by atoms with Crippen LogP contribution in [0.5, 0.6) is 0 Å². The Labute approximate surface area is 169 Å². The topological polar surface area (TPSA) is 225 Å². The standard InChI is InChI=1S/C15H24N4O9S/c1-29-3-2-8(18-13(26)7(16)4-10(20)21)15(28)19-9(5-11(22)23)14(27)17-6-12(24)25/h7-9H,2-6,16H2,1H3,(H,17,27)(H,18,26)(H,19,28)(H,20,21)(H,22,23)(H,24,25). The molecule has 0 saturated carbocycles. The molecular formula is C15H24N4O9S. The molecule has 0 saturated heterocycles. The molecule has 3 unspecified atom stereocenters. The SMILES string of the molecule is CSCCC(NC(=O)C(N)CC(=O)O)C(=O)NC(CC(=O)O)C(=O)NCC(=O)O. The highest BCUT2D eigenvalue weighted by molar-refractivity contribution is 7.98. The fourth-order valence-corrected chi connectivity index (χ4v) is 2.48. The maximum absolute atomic E-state index is 12.5. The first kappa shape index (κ1) is 26.1. The van der Waals surface area contributed by atoms with Crippen molar-refractivity contribution in [1.29, 1.82) is 0 Å². The van der Waals surface area contributed by atoms with Gasteiger partial charge < -0.3 is 37.0 Å². The number of hydrogen-bond donors (Lipinski definition) is 7. The molecule has 0 heterocycles. The van der Waals surface area contributed by atoms with Gasteiger partial charge in [-0.15, -0.1) is 0 Å². The molecule has 13 nitrogen and oxygen atoms in total. The highest BCUT2D eigenvalue weighted by atomic mass is 32.2. The summed E-state index contributed by atoms with van der Waals surface area (Å²) < 4.78 is 0. The van der Waals surface area contributed by atoms with Crippen LogP contribution >= 0.6 is 11.8 Å². The minimum absolute atomic E-state index is 0.0923. The molecule has 3 amide bonds. The van der Waals surface area contributed by atoms with Gasteiger partial charge in [0.15, 0.2) is 0 Å². The smallest absolute Gasteiger partial charge is 0.322 e. The number of thioether (sulfide) groups is 1. The van der Waals surface area contributed by atoms with Gasteiger partial charge in [-0.25, -0.2) is 0 Å². The minimum Gasteiger partial charge on any atom is -0.481 e. The summed E-state index contributed by atoms with van der Waals surface area (Å²) in [5, 5.41) is 32.6. The van der Waals surface area contributed by atoms with Gasteiger partial charge >= 0.3 is 17.9 Å². The van der Waals surface area contributed by atoms with Crippen LogP contribution < -0.4 is 21.7 Å². The molecule has 0 spiro atoms. The van der Waals surface area contributed by atoms with E-state index in [4.69, 9.17) is 21.1 Å². The molecule has 0 radical (unpaired) electrons. The van der Waals surface area contributed by atoms with Gasteiger partial charge in [-0.05, 0) is 18.4 Å². The predicted molar refractivity (Wildman–Crippen MR) is 100.0 cm³/mol. The number of amides is 3. The Kier molecular flexibility index (Phi) is 12.0. The second-order valence-electron chi connectivity index (χ2n) is 5.82. The van der Waals surface area contributed by atoms with Gasteiger partial charge in [0, 0.05) is 0 Å². The molecule has 8 N–H and O–H groups in total. The lowest BCUT2D eigenvalue weighted by molar-refractivity contribution is -0.141. The third-order valence-corrected chi connectivity index (χ3v) is 4.04.